The zero-order chi connectivity index (χ0) is 13.8. The lowest BCUT2D eigenvalue weighted by Crippen LogP contribution is -1.90. The largest absolute Gasteiger partial charge is 0.456 e. The molecule has 0 atom stereocenters. The maximum Gasteiger partial charge on any atom is 0.145 e. The van der Waals surface area contributed by atoms with Gasteiger partial charge >= 0.3 is 0 Å². The summed E-state index contributed by atoms with van der Waals surface area (Å²) in [5.41, 5.74) is 1.49. The van der Waals surface area contributed by atoms with E-state index < -0.39 is 0 Å². The fourth-order valence-electron chi connectivity index (χ4n) is 1.50. The fraction of sp³-hybridized carbons (Fsp3) is 0.0714. The van der Waals surface area contributed by atoms with Crippen molar-refractivity contribution in [3.05, 3.63) is 57.6 Å². The van der Waals surface area contributed by atoms with Crippen LogP contribution in [0.4, 0.5) is 0 Å². The van der Waals surface area contributed by atoms with Crippen molar-refractivity contribution in [2.24, 2.45) is 0 Å². The molecule has 2 aromatic carbocycles. The van der Waals surface area contributed by atoms with Gasteiger partial charge in [-0.1, -0.05) is 45.2 Å². The van der Waals surface area contributed by atoms with E-state index in [0.29, 0.717) is 32.4 Å². The molecule has 96 valence electrons. The number of rotatable bonds is 3. The van der Waals surface area contributed by atoms with Gasteiger partial charge in [0, 0.05) is 11.4 Å². The smallest absolute Gasteiger partial charge is 0.145 e. The Balaban J connectivity index is 2.33. The first-order valence-electron chi connectivity index (χ1n) is 5.36. The summed E-state index contributed by atoms with van der Waals surface area (Å²) in [7, 11) is 0. The van der Waals surface area contributed by atoms with E-state index in [1.165, 1.54) is 0 Å². The van der Waals surface area contributed by atoms with Crippen LogP contribution in [0.2, 0.25) is 10.0 Å². The second kappa shape index (κ2) is 6.29. The third-order valence-corrected chi connectivity index (χ3v) is 3.82. The van der Waals surface area contributed by atoms with E-state index >= 15 is 0 Å². The van der Waals surface area contributed by atoms with E-state index in [0.717, 1.165) is 5.56 Å². The first-order valence-corrected chi connectivity index (χ1v) is 7.23. The highest BCUT2D eigenvalue weighted by molar-refractivity contribution is 9.08. The molecule has 0 aliphatic rings. The van der Waals surface area contributed by atoms with Crippen LogP contribution in [0.1, 0.15) is 11.1 Å². The molecule has 19 heavy (non-hydrogen) atoms. The van der Waals surface area contributed by atoms with Crippen molar-refractivity contribution in [2.75, 3.05) is 0 Å². The van der Waals surface area contributed by atoms with Crippen LogP contribution < -0.4 is 4.74 Å². The van der Waals surface area contributed by atoms with Gasteiger partial charge in [0.05, 0.1) is 15.6 Å². The van der Waals surface area contributed by atoms with Crippen molar-refractivity contribution in [3.63, 3.8) is 0 Å². The summed E-state index contributed by atoms with van der Waals surface area (Å²) >= 11 is 15.1. The van der Waals surface area contributed by atoms with Gasteiger partial charge < -0.3 is 4.74 Å². The number of ether oxygens (including phenoxy) is 1. The van der Waals surface area contributed by atoms with Crippen molar-refractivity contribution >= 4 is 39.1 Å². The van der Waals surface area contributed by atoms with Gasteiger partial charge in [0.25, 0.3) is 0 Å². The second-order valence-corrected chi connectivity index (χ2v) is 5.13. The van der Waals surface area contributed by atoms with E-state index in [2.05, 4.69) is 22.0 Å². The van der Waals surface area contributed by atoms with Gasteiger partial charge in [-0.05, 0) is 29.8 Å². The minimum atomic E-state index is 0.412. The number of nitrogens with zero attached hydrogens (tertiary/aromatic N) is 1. The highest BCUT2D eigenvalue weighted by Gasteiger charge is 2.07. The van der Waals surface area contributed by atoms with E-state index in [4.69, 9.17) is 33.2 Å². The standard InChI is InChI=1S/C14H8BrCl2NO/c15-7-9-1-4-14(10(5-9)8-18)19-11-2-3-12(16)13(17)6-11/h1-6H,7H2. The topological polar surface area (TPSA) is 33.0 Å². The molecular weight excluding hydrogens is 349 g/mol. The molecule has 0 fully saturated rings. The van der Waals surface area contributed by atoms with E-state index in [1.807, 2.05) is 6.07 Å². The molecule has 2 rings (SSSR count). The maximum absolute atomic E-state index is 9.12. The van der Waals surface area contributed by atoms with Gasteiger partial charge in [0.1, 0.15) is 17.6 Å². The van der Waals surface area contributed by atoms with Crippen molar-refractivity contribution < 1.29 is 4.74 Å². The second-order valence-electron chi connectivity index (χ2n) is 3.75. The van der Waals surface area contributed by atoms with Crippen molar-refractivity contribution in [1.29, 1.82) is 5.26 Å². The summed E-state index contributed by atoms with van der Waals surface area (Å²) in [5, 5.41) is 10.7. The number of nitriles is 1. The summed E-state index contributed by atoms with van der Waals surface area (Å²) in [6, 6.07) is 12.5. The molecule has 0 saturated carbocycles. The Kier molecular flexibility index (Phi) is 4.71. The molecule has 0 N–H and O–H groups in total. The highest BCUT2D eigenvalue weighted by atomic mass is 79.9. The molecule has 0 spiro atoms. The van der Waals surface area contributed by atoms with Crippen molar-refractivity contribution in [2.45, 2.75) is 5.33 Å². The Morgan fingerprint density at radius 2 is 1.89 bits per heavy atom. The van der Waals surface area contributed by atoms with Crippen molar-refractivity contribution in [3.8, 4) is 17.6 Å². The zero-order valence-corrected chi connectivity index (χ0v) is 12.8. The lowest BCUT2D eigenvalue weighted by Gasteiger charge is -2.09. The van der Waals surface area contributed by atoms with Gasteiger partial charge in [-0.15, -0.1) is 0 Å². The molecular formula is C14H8BrCl2NO. The number of hydrogen-bond acceptors (Lipinski definition) is 2. The monoisotopic (exact) mass is 355 g/mol. The third kappa shape index (κ3) is 3.42. The summed E-state index contributed by atoms with van der Waals surface area (Å²) in [5.74, 6) is 1.03. The number of halogens is 3. The molecule has 0 bridgehead atoms. The molecule has 0 aliphatic carbocycles. The van der Waals surface area contributed by atoms with E-state index in [-0.39, 0.29) is 0 Å². The Bertz CT molecular complexity index is 652. The molecule has 0 aliphatic heterocycles. The van der Waals surface area contributed by atoms with E-state index in [9.17, 15) is 0 Å². The van der Waals surface area contributed by atoms with Gasteiger partial charge in [-0.25, -0.2) is 0 Å². The maximum atomic E-state index is 9.12. The van der Waals surface area contributed by atoms with Crippen LogP contribution in [-0.4, -0.2) is 0 Å². The Labute approximate surface area is 129 Å². The predicted octanol–water partition coefficient (Wildman–Crippen LogP) is 5.55. The Morgan fingerprint density at radius 3 is 2.53 bits per heavy atom. The first-order chi connectivity index (χ1) is 9.13. The minimum absolute atomic E-state index is 0.412. The van der Waals surface area contributed by atoms with Crippen LogP contribution in [-0.2, 0) is 5.33 Å². The molecule has 0 aromatic heterocycles. The number of hydrogen-bond donors (Lipinski definition) is 0. The number of alkyl halides is 1. The summed E-state index contributed by atoms with van der Waals surface area (Å²) in [6.07, 6.45) is 0. The summed E-state index contributed by atoms with van der Waals surface area (Å²) in [4.78, 5) is 0. The average Bonchev–Trinajstić information content (AvgIpc) is 2.43. The highest BCUT2D eigenvalue weighted by Crippen LogP contribution is 2.31. The summed E-state index contributed by atoms with van der Waals surface area (Å²) in [6.45, 7) is 0. The summed E-state index contributed by atoms with van der Waals surface area (Å²) < 4.78 is 5.65. The van der Waals surface area contributed by atoms with Gasteiger partial charge in [0.15, 0.2) is 0 Å². The third-order valence-electron chi connectivity index (χ3n) is 2.44. The fourth-order valence-corrected chi connectivity index (χ4v) is 2.14. The minimum Gasteiger partial charge on any atom is -0.456 e. The Morgan fingerprint density at radius 1 is 1.11 bits per heavy atom. The Hall–Kier alpha value is -1.21. The molecule has 2 aromatic rings. The normalized spacial score (nSPS) is 10.0. The van der Waals surface area contributed by atoms with Crippen LogP contribution in [0.5, 0.6) is 11.5 Å². The average molecular weight is 357 g/mol. The van der Waals surface area contributed by atoms with Gasteiger partial charge in [0.2, 0.25) is 0 Å². The van der Waals surface area contributed by atoms with Crippen LogP contribution in [0.15, 0.2) is 36.4 Å². The first kappa shape index (κ1) is 14.2. The van der Waals surface area contributed by atoms with Crippen LogP contribution in [0, 0.1) is 11.3 Å². The molecule has 0 radical (unpaired) electrons. The van der Waals surface area contributed by atoms with Gasteiger partial charge in [-0.2, -0.15) is 5.26 Å². The van der Waals surface area contributed by atoms with Gasteiger partial charge in [-0.3, -0.25) is 0 Å². The van der Waals surface area contributed by atoms with Crippen molar-refractivity contribution in [1.82, 2.24) is 0 Å². The van der Waals surface area contributed by atoms with Crippen LogP contribution >= 0.6 is 39.1 Å². The SMILES string of the molecule is N#Cc1cc(CBr)ccc1Oc1ccc(Cl)c(Cl)c1. The molecule has 0 heterocycles. The molecule has 0 amide bonds. The van der Waals surface area contributed by atoms with E-state index in [1.54, 1.807) is 30.3 Å². The van der Waals surface area contributed by atoms with Crippen LogP contribution in [0.3, 0.4) is 0 Å². The molecule has 2 nitrogen and oxygen atoms in total. The lowest BCUT2D eigenvalue weighted by molar-refractivity contribution is 0.481. The molecule has 0 saturated heterocycles. The number of benzene rings is 2. The quantitative estimate of drug-likeness (QED) is 0.675. The molecule has 5 heteroatoms. The zero-order valence-electron chi connectivity index (χ0n) is 9.66. The van der Waals surface area contributed by atoms with Crippen LogP contribution in [0.25, 0.3) is 0 Å². The predicted molar refractivity (Wildman–Crippen MR) is 80.3 cm³/mol. The molecule has 0 unspecified atom stereocenters. The lowest BCUT2D eigenvalue weighted by atomic mass is 10.1.